The van der Waals surface area contributed by atoms with E-state index in [9.17, 15) is 9.59 Å². The van der Waals surface area contributed by atoms with E-state index in [1.807, 2.05) is 11.6 Å². The van der Waals surface area contributed by atoms with Gasteiger partial charge in [0.1, 0.15) is 6.04 Å². The Bertz CT molecular complexity index is 539. The molecule has 1 aromatic rings. The minimum Gasteiger partial charge on any atom is -0.353 e. The van der Waals surface area contributed by atoms with Crippen LogP contribution in [0.25, 0.3) is 0 Å². The van der Waals surface area contributed by atoms with Gasteiger partial charge in [-0.25, -0.2) is 4.79 Å². The number of piperazine rings is 1. The van der Waals surface area contributed by atoms with Crippen molar-refractivity contribution < 1.29 is 9.59 Å². The summed E-state index contributed by atoms with van der Waals surface area (Å²) in [6.07, 6.45) is 2.63. The first kappa shape index (κ1) is 15.3. The first-order valence-corrected chi connectivity index (χ1v) is 7.35. The second-order valence-corrected chi connectivity index (χ2v) is 5.44. The van der Waals surface area contributed by atoms with Gasteiger partial charge in [-0.15, -0.1) is 0 Å². The van der Waals surface area contributed by atoms with Crippen LogP contribution < -0.4 is 10.6 Å². The Morgan fingerprint density at radius 3 is 3.00 bits per heavy atom. The Labute approximate surface area is 124 Å². The lowest BCUT2D eigenvalue weighted by Crippen LogP contribution is -2.56. The molecule has 2 atom stereocenters. The molecule has 21 heavy (non-hydrogen) atoms. The zero-order valence-electron chi connectivity index (χ0n) is 13.0. The molecule has 2 rings (SSSR count). The molecule has 2 N–H and O–H groups in total. The first-order valence-electron chi connectivity index (χ1n) is 7.35. The van der Waals surface area contributed by atoms with E-state index in [0.717, 1.165) is 12.1 Å². The number of carbonyl (C=O) groups is 2. The average molecular weight is 293 g/mol. The van der Waals surface area contributed by atoms with Crippen molar-refractivity contribution in [2.45, 2.75) is 46.2 Å². The average Bonchev–Trinajstić information content (AvgIpc) is 2.82. The topological polar surface area (TPSA) is 79.3 Å². The predicted molar refractivity (Wildman–Crippen MR) is 80.2 cm³/mol. The molecule has 3 amide bonds. The number of carbonyl (C=O) groups excluding carboxylic acids is 2. The van der Waals surface area contributed by atoms with Crippen molar-refractivity contribution in [3.63, 3.8) is 0 Å². The molecule has 0 aliphatic carbocycles. The lowest BCUT2D eigenvalue weighted by Gasteiger charge is -2.32. The molecule has 2 heterocycles. The van der Waals surface area contributed by atoms with Gasteiger partial charge < -0.3 is 15.5 Å². The predicted octanol–water partition coefficient (Wildman–Crippen LogP) is 1.51. The summed E-state index contributed by atoms with van der Waals surface area (Å²) in [7, 11) is 0. The molecule has 1 aliphatic heterocycles. The molecule has 7 nitrogen and oxygen atoms in total. The SMILES string of the molecule is CC[C@@H](C)n1ncc(NC(=O)N2CCNC(=O)[C@H]2C)c1C. The second kappa shape index (κ2) is 6.15. The summed E-state index contributed by atoms with van der Waals surface area (Å²) in [4.78, 5) is 25.5. The maximum Gasteiger partial charge on any atom is 0.322 e. The highest BCUT2D eigenvalue weighted by molar-refractivity contribution is 5.94. The van der Waals surface area contributed by atoms with E-state index in [2.05, 4.69) is 29.6 Å². The van der Waals surface area contributed by atoms with Gasteiger partial charge in [0.2, 0.25) is 5.91 Å². The summed E-state index contributed by atoms with van der Waals surface area (Å²) in [6.45, 7) is 8.84. The van der Waals surface area contributed by atoms with Crippen LogP contribution in [0.15, 0.2) is 6.20 Å². The van der Waals surface area contributed by atoms with Crippen molar-refractivity contribution in [3.8, 4) is 0 Å². The number of anilines is 1. The van der Waals surface area contributed by atoms with Crippen LogP contribution in [-0.4, -0.2) is 45.8 Å². The number of rotatable bonds is 3. The third-order valence-electron chi connectivity index (χ3n) is 4.05. The van der Waals surface area contributed by atoms with Crippen LogP contribution in [0.1, 0.15) is 38.9 Å². The Morgan fingerprint density at radius 2 is 2.33 bits per heavy atom. The number of urea groups is 1. The smallest absolute Gasteiger partial charge is 0.322 e. The van der Waals surface area contributed by atoms with Gasteiger partial charge in [0.15, 0.2) is 0 Å². The summed E-state index contributed by atoms with van der Waals surface area (Å²) in [5, 5.41) is 9.92. The fraction of sp³-hybridized carbons (Fsp3) is 0.643. The van der Waals surface area contributed by atoms with Gasteiger partial charge in [-0.3, -0.25) is 9.48 Å². The molecule has 0 radical (unpaired) electrons. The molecule has 0 bridgehead atoms. The van der Waals surface area contributed by atoms with Gasteiger partial charge in [0.05, 0.1) is 17.6 Å². The van der Waals surface area contributed by atoms with E-state index in [4.69, 9.17) is 0 Å². The van der Waals surface area contributed by atoms with Crippen LogP contribution >= 0.6 is 0 Å². The molecule has 0 spiro atoms. The minimum absolute atomic E-state index is 0.122. The second-order valence-electron chi connectivity index (χ2n) is 5.44. The van der Waals surface area contributed by atoms with Crippen molar-refractivity contribution >= 4 is 17.6 Å². The van der Waals surface area contributed by atoms with Crippen molar-refractivity contribution in [3.05, 3.63) is 11.9 Å². The fourth-order valence-electron chi connectivity index (χ4n) is 2.41. The van der Waals surface area contributed by atoms with Gasteiger partial charge in [0.25, 0.3) is 0 Å². The highest BCUT2D eigenvalue weighted by atomic mass is 16.2. The van der Waals surface area contributed by atoms with Crippen LogP contribution in [0.4, 0.5) is 10.5 Å². The van der Waals surface area contributed by atoms with Crippen LogP contribution in [0.5, 0.6) is 0 Å². The van der Waals surface area contributed by atoms with Crippen molar-refractivity contribution in [2.75, 3.05) is 18.4 Å². The molecule has 0 aromatic carbocycles. The van der Waals surface area contributed by atoms with Crippen LogP contribution in [0.3, 0.4) is 0 Å². The molecule has 116 valence electrons. The van der Waals surface area contributed by atoms with Crippen molar-refractivity contribution in [1.82, 2.24) is 20.0 Å². The molecule has 1 aliphatic rings. The molecule has 1 fully saturated rings. The molecular formula is C14H23N5O2. The number of nitrogens with one attached hydrogen (secondary N) is 2. The number of hydrogen-bond donors (Lipinski definition) is 2. The number of amides is 3. The molecule has 0 unspecified atom stereocenters. The summed E-state index contributed by atoms with van der Waals surface area (Å²) in [5.74, 6) is -0.122. The van der Waals surface area contributed by atoms with Crippen LogP contribution in [0, 0.1) is 6.92 Å². The van der Waals surface area contributed by atoms with Gasteiger partial charge in [-0.2, -0.15) is 5.10 Å². The fourth-order valence-corrected chi connectivity index (χ4v) is 2.41. The maximum atomic E-state index is 12.3. The lowest BCUT2D eigenvalue weighted by atomic mass is 10.2. The number of hydrogen-bond acceptors (Lipinski definition) is 3. The van der Waals surface area contributed by atoms with Crippen molar-refractivity contribution in [2.24, 2.45) is 0 Å². The molecule has 7 heteroatoms. The summed E-state index contributed by atoms with van der Waals surface area (Å²) < 4.78 is 1.90. The Kier molecular flexibility index (Phi) is 4.50. The zero-order valence-corrected chi connectivity index (χ0v) is 13.0. The third-order valence-corrected chi connectivity index (χ3v) is 4.05. The van der Waals surface area contributed by atoms with Gasteiger partial charge in [0, 0.05) is 19.1 Å². The molecule has 0 saturated carbocycles. The van der Waals surface area contributed by atoms with E-state index in [-0.39, 0.29) is 18.0 Å². The number of aromatic nitrogens is 2. The number of nitrogens with zero attached hydrogens (tertiary/aromatic N) is 3. The van der Waals surface area contributed by atoms with E-state index < -0.39 is 6.04 Å². The highest BCUT2D eigenvalue weighted by Crippen LogP contribution is 2.20. The first-order chi connectivity index (χ1) is 9.95. The van der Waals surface area contributed by atoms with Gasteiger partial charge in [-0.1, -0.05) is 6.92 Å². The largest absolute Gasteiger partial charge is 0.353 e. The van der Waals surface area contributed by atoms with Crippen LogP contribution in [0.2, 0.25) is 0 Å². The monoisotopic (exact) mass is 293 g/mol. The maximum absolute atomic E-state index is 12.3. The molecule has 1 aromatic heterocycles. The van der Waals surface area contributed by atoms with E-state index in [0.29, 0.717) is 18.8 Å². The lowest BCUT2D eigenvalue weighted by molar-refractivity contribution is -0.126. The summed E-state index contributed by atoms with van der Waals surface area (Å²) >= 11 is 0. The zero-order chi connectivity index (χ0) is 15.6. The van der Waals surface area contributed by atoms with Crippen LogP contribution in [-0.2, 0) is 4.79 Å². The third kappa shape index (κ3) is 3.01. The van der Waals surface area contributed by atoms with Gasteiger partial charge in [-0.05, 0) is 27.2 Å². The Morgan fingerprint density at radius 1 is 1.62 bits per heavy atom. The van der Waals surface area contributed by atoms with E-state index in [1.165, 1.54) is 0 Å². The summed E-state index contributed by atoms with van der Waals surface area (Å²) in [6, 6.07) is -0.428. The molecule has 1 saturated heterocycles. The molecular weight excluding hydrogens is 270 g/mol. The minimum atomic E-state index is -0.455. The quantitative estimate of drug-likeness (QED) is 0.886. The normalized spacial score (nSPS) is 20.1. The van der Waals surface area contributed by atoms with E-state index in [1.54, 1.807) is 18.0 Å². The van der Waals surface area contributed by atoms with Gasteiger partial charge >= 0.3 is 6.03 Å². The van der Waals surface area contributed by atoms with E-state index >= 15 is 0 Å². The highest BCUT2D eigenvalue weighted by Gasteiger charge is 2.29. The Balaban J connectivity index is 2.09. The summed E-state index contributed by atoms with van der Waals surface area (Å²) in [5.41, 5.74) is 1.62. The Hall–Kier alpha value is -2.05. The standard InChI is InChI=1S/C14H23N5O2/c1-5-9(2)19-10(3)12(8-16-19)17-14(21)18-7-6-15-13(20)11(18)4/h8-9,11H,5-7H2,1-4H3,(H,15,20)(H,17,21)/t9-,11-/m1/s1. The van der Waals surface area contributed by atoms with Crippen molar-refractivity contribution in [1.29, 1.82) is 0 Å².